The van der Waals surface area contributed by atoms with Crippen LogP contribution in [0.5, 0.6) is 0 Å². The van der Waals surface area contributed by atoms with Crippen molar-refractivity contribution in [3.05, 3.63) is 39.3 Å². The topological polar surface area (TPSA) is 81.5 Å². The number of hydrogen-bond donors (Lipinski definition) is 0. The van der Waals surface area contributed by atoms with Gasteiger partial charge in [-0.25, -0.2) is 4.98 Å². The van der Waals surface area contributed by atoms with Crippen LogP contribution in [0.25, 0.3) is 11.0 Å². The zero-order valence-corrected chi connectivity index (χ0v) is 17.7. The van der Waals surface area contributed by atoms with Gasteiger partial charge < -0.3 is 14.2 Å². The van der Waals surface area contributed by atoms with Gasteiger partial charge in [-0.15, -0.1) is 0 Å². The fraction of sp³-hybridized carbons (Fsp3) is 0.545. The molecule has 1 aliphatic heterocycles. The normalized spacial score (nSPS) is 15.0. The minimum atomic E-state index is -0.171. The number of nitrogens with zero attached hydrogens (tertiary/aromatic N) is 3. The number of aryl methyl sites for hydroxylation is 4. The van der Waals surface area contributed by atoms with Crippen LogP contribution in [0.3, 0.4) is 0 Å². The molecular formula is C22H29N3O4. The molecular weight excluding hydrogens is 370 g/mol. The Morgan fingerprint density at radius 3 is 2.45 bits per heavy atom. The monoisotopic (exact) mass is 399 g/mol. The Labute approximate surface area is 170 Å². The number of likely N-dealkylation sites (tertiary alicyclic amines) is 1. The summed E-state index contributed by atoms with van der Waals surface area (Å²) in [7, 11) is 0. The first kappa shape index (κ1) is 21.0. The molecule has 156 valence electrons. The van der Waals surface area contributed by atoms with Crippen LogP contribution < -0.4 is 5.56 Å². The van der Waals surface area contributed by atoms with E-state index in [0.29, 0.717) is 44.8 Å². The lowest BCUT2D eigenvalue weighted by atomic mass is 9.97. The van der Waals surface area contributed by atoms with Gasteiger partial charge in [0.1, 0.15) is 5.69 Å². The molecule has 0 atom stereocenters. The summed E-state index contributed by atoms with van der Waals surface area (Å²) in [6.07, 6.45) is 1.50. The van der Waals surface area contributed by atoms with Gasteiger partial charge in [0.15, 0.2) is 0 Å². The van der Waals surface area contributed by atoms with Crippen LogP contribution >= 0.6 is 0 Å². The van der Waals surface area contributed by atoms with Crippen LogP contribution in [0.15, 0.2) is 16.9 Å². The molecule has 2 heterocycles. The van der Waals surface area contributed by atoms with Crippen molar-refractivity contribution in [3.63, 3.8) is 0 Å². The third kappa shape index (κ3) is 4.49. The summed E-state index contributed by atoms with van der Waals surface area (Å²) < 4.78 is 6.74. The number of amides is 1. The summed E-state index contributed by atoms with van der Waals surface area (Å²) in [4.78, 5) is 43.4. The van der Waals surface area contributed by atoms with E-state index in [-0.39, 0.29) is 29.8 Å². The maximum atomic E-state index is 12.7. The van der Waals surface area contributed by atoms with E-state index < -0.39 is 0 Å². The number of aromatic nitrogens is 2. The minimum Gasteiger partial charge on any atom is -0.466 e. The second kappa shape index (κ2) is 8.76. The van der Waals surface area contributed by atoms with Gasteiger partial charge in [0.25, 0.3) is 5.56 Å². The average Bonchev–Trinajstić information content (AvgIpc) is 2.70. The molecule has 3 rings (SSSR count). The molecule has 0 unspecified atom stereocenters. The van der Waals surface area contributed by atoms with Crippen molar-refractivity contribution in [2.45, 2.75) is 53.5 Å². The molecule has 0 radical (unpaired) electrons. The summed E-state index contributed by atoms with van der Waals surface area (Å²) >= 11 is 0. The molecule has 0 bridgehead atoms. The predicted molar refractivity (Wildman–Crippen MR) is 111 cm³/mol. The Morgan fingerprint density at radius 1 is 1.14 bits per heavy atom. The molecule has 1 aliphatic rings. The van der Waals surface area contributed by atoms with E-state index in [2.05, 4.69) is 4.98 Å². The number of ether oxygens (including phenoxy) is 1. The van der Waals surface area contributed by atoms with Crippen LogP contribution in [0.2, 0.25) is 0 Å². The number of fused-ring (bicyclic) bond motifs is 1. The molecule has 0 saturated carbocycles. The van der Waals surface area contributed by atoms with E-state index in [1.807, 2.05) is 26.0 Å². The van der Waals surface area contributed by atoms with Gasteiger partial charge in [0.05, 0.1) is 23.6 Å². The van der Waals surface area contributed by atoms with Gasteiger partial charge in [-0.3, -0.25) is 14.4 Å². The number of carbonyl (C=O) groups excluding carboxylic acids is 2. The Hall–Kier alpha value is -2.70. The second-order valence-electron chi connectivity index (χ2n) is 7.74. The van der Waals surface area contributed by atoms with E-state index in [0.717, 1.165) is 22.2 Å². The van der Waals surface area contributed by atoms with Gasteiger partial charge in [0.2, 0.25) is 5.91 Å². The number of hydrogen-bond acceptors (Lipinski definition) is 5. The molecule has 7 nitrogen and oxygen atoms in total. The quantitative estimate of drug-likeness (QED) is 0.722. The number of esters is 1. The van der Waals surface area contributed by atoms with Gasteiger partial charge in [-0.1, -0.05) is 0 Å². The highest BCUT2D eigenvalue weighted by Crippen LogP contribution is 2.20. The highest BCUT2D eigenvalue weighted by Gasteiger charge is 2.28. The zero-order chi connectivity index (χ0) is 21.1. The molecule has 0 spiro atoms. The summed E-state index contributed by atoms with van der Waals surface area (Å²) in [5, 5.41) is 0. The SMILES string of the molecule is CCOC(=O)C1CCN(C(=O)CCn2c(=O)c(C)nc3cc(C)c(C)cc32)CC1. The Bertz CT molecular complexity index is 988. The van der Waals surface area contributed by atoms with Crippen LogP contribution in [0.1, 0.15) is 43.0 Å². The Morgan fingerprint density at radius 2 is 1.79 bits per heavy atom. The van der Waals surface area contributed by atoms with Crippen LogP contribution in [0, 0.1) is 26.7 Å². The minimum absolute atomic E-state index is 0.00524. The number of rotatable bonds is 5. The maximum Gasteiger partial charge on any atom is 0.309 e. The highest BCUT2D eigenvalue weighted by atomic mass is 16.5. The molecule has 0 aliphatic carbocycles. The van der Waals surface area contributed by atoms with Crippen molar-refractivity contribution in [2.24, 2.45) is 5.92 Å². The standard InChI is InChI=1S/C22H29N3O4/c1-5-29-22(28)17-6-9-24(10-7-17)20(26)8-11-25-19-13-15(3)14(2)12-18(19)23-16(4)21(25)27/h12-13,17H,5-11H2,1-4H3. The predicted octanol–water partition coefficient (Wildman–Crippen LogP) is 2.51. The highest BCUT2D eigenvalue weighted by molar-refractivity contribution is 5.79. The molecule has 1 aromatic heterocycles. The Kier molecular flexibility index (Phi) is 6.35. The molecule has 1 fully saturated rings. The van der Waals surface area contributed by atoms with E-state index in [9.17, 15) is 14.4 Å². The molecule has 7 heteroatoms. The van der Waals surface area contributed by atoms with E-state index in [1.54, 1.807) is 23.3 Å². The molecule has 1 aromatic carbocycles. The maximum absolute atomic E-state index is 12.7. The van der Waals surface area contributed by atoms with Gasteiger partial charge in [-0.05, 0) is 63.8 Å². The lowest BCUT2D eigenvalue weighted by Crippen LogP contribution is -2.41. The third-order valence-electron chi connectivity index (χ3n) is 5.74. The molecule has 0 N–H and O–H groups in total. The van der Waals surface area contributed by atoms with E-state index in [1.165, 1.54) is 0 Å². The third-order valence-corrected chi connectivity index (χ3v) is 5.74. The van der Waals surface area contributed by atoms with Crippen LogP contribution in [0.4, 0.5) is 0 Å². The summed E-state index contributed by atoms with van der Waals surface area (Å²) in [5.41, 5.74) is 4.02. The van der Waals surface area contributed by atoms with Gasteiger partial charge in [0, 0.05) is 26.1 Å². The molecule has 2 aromatic rings. The zero-order valence-electron chi connectivity index (χ0n) is 17.7. The van der Waals surface area contributed by atoms with Gasteiger partial charge in [-0.2, -0.15) is 0 Å². The molecule has 29 heavy (non-hydrogen) atoms. The second-order valence-corrected chi connectivity index (χ2v) is 7.74. The van der Waals surface area contributed by atoms with E-state index in [4.69, 9.17) is 4.74 Å². The first-order valence-corrected chi connectivity index (χ1v) is 10.2. The van der Waals surface area contributed by atoms with Crippen LogP contribution in [-0.4, -0.2) is 46.0 Å². The first-order valence-electron chi connectivity index (χ1n) is 10.2. The first-order chi connectivity index (χ1) is 13.8. The molecule has 1 amide bonds. The Balaban J connectivity index is 1.70. The van der Waals surface area contributed by atoms with Crippen molar-refractivity contribution < 1.29 is 14.3 Å². The molecule has 1 saturated heterocycles. The lowest BCUT2D eigenvalue weighted by Gasteiger charge is -2.31. The van der Waals surface area contributed by atoms with Gasteiger partial charge >= 0.3 is 5.97 Å². The largest absolute Gasteiger partial charge is 0.466 e. The van der Waals surface area contributed by atoms with Crippen molar-refractivity contribution in [1.82, 2.24) is 14.5 Å². The van der Waals surface area contributed by atoms with Crippen LogP contribution in [-0.2, 0) is 20.9 Å². The summed E-state index contributed by atoms with van der Waals surface area (Å²) in [5.74, 6) is -0.291. The number of carbonyl (C=O) groups is 2. The fourth-order valence-corrected chi connectivity index (χ4v) is 3.84. The summed E-state index contributed by atoms with van der Waals surface area (Å²) in [6.45, 7) is 9.31. The smallest absolute Gasteiger partial charge is 0.309 e. The number of benzene rings is 1. The van der Waals surface area contributed by atoms with Crippen molar-refractivity contribution in [1.29, 1.82) is 0 Å². The number of piperidine rings is 1. The van der Waals surface area contributed by atoms with Crippen molar-refractivity contribution in [2.75, 3.05) is 19.7 Å². The van der Waals surface area contributed by atoms with Crippen molar-refractivity contribution in [3.8, 4) is 0 Å². The lowest BCUT2D eigenvalue weighted by molar-refractivity contribution is -0.151. The fourth-order valence-electron chi connectivity index (χ4n) is 3.84. The van der Waals surface area contributed by atoms with Crippen molar-refractivity contribution >= 4 is 22.9 Å². The van der Waals surface area contributed by atoms with E-state index >= 15 is 0 Å². The average molecular weight is 399 g/mol. The summed E-state index contributed by atoms with van der Waals surface area (Å²) in [6, 6.07) is 3.95.